The van der Waals surface area contributed by atoms with E-state index in [1.807, 2.05) is 0 Å². The third-order valence-electron chi connectivity index (χ3n) is 5.59. The van der Waals surface area contributed by atoms with Crippen LogP contribution in [0.2, 0.25) is 0 Å². The maximum Gasteiger partial charge on any atom is 0.331 e. The number of hydrogen-bond donors (Lipinski definition) is 0. The molecular formula is C19H30N4O4. The lowest BCUT2D eigenvalue weighted by molar-refractivity contribution is 0.0720. The molecule has 0 bridgehead atoms. The second-order valence-electron chi connectivity index (χ2n) is 7.68. The van der Waals surface area contributed by atoms with E-state index in [1.54, 1.807) is 4.90 Å². The summed E-state index contributed by atoms with van der Waals surface area (Å²) in [5, 5.41) is 0. The number of aromatic nitrogens is 2. The Morgan fingerprint density at radius 1 is 1.07 bits per heavy atom. The zero-order chi connectivity index (χ0) is 19.4. The van der Waals surface area contributed by atoms with Gasteiger partial charge in [0.1, 0.15) is 5.69 Å². The van der Waals surface area contributed by atoms with Crippen LogP contribution in [-0.4, -0.2) is 70.8 Å². The summed E-state index contributed by atoms with van der Waals surface area (Å²) in [6.45, 7) is 5.29. The quantitative estimate of drug-likeness (QED) is 0.743. The Morgan fingerprint density at radius 3 is 2.48 bits per heavy atom. The van der Waals surface area contributed by atoms with Crippen molar-refractivity contribution in [1.29, 1.82) is 0 Å². The maximum absolute atomic E-state index is 13.0. The fraction of sp³-hybridized carbons (Fsp3) is 0.737. The van der Waals surface area contributed by atoms with Gasteiger partial charge >= 0.3 is 5.69 Å². The minimum atomic E-state index is -0.488. The lowest BCUT2D eigenvalue weighted by Crippen LogP contribution is -2.44. The third-order valence-corrected chi connectivity index (χ3v) is 5.59. The van der Waals surface area contributed by atoms with Crippen molar-refractivity contribution in [3.63, 3.8) is 0 Å². The van der Waals surface area contributed by atoms with Crippen LogP contribution in [0.15, 0.2) is 15.7 Å². The molecule has 1 unspecified atom stereocenters. The molecular weight excluding hydrogens is 348 g/mol. The number of nitrogens with zero attached hydrogens (tertiary/aromatic N) is 4. The van der Waals surface area contributed by atoms with Gasteiger partial charge < -0.3 is 14.5 Å². The molecule has 27 heavy (non-hydrogen) atoms. The summed E-state index contributed by atoms with van der Waals surface area (Å²) in [5.74, 6) is -0.0446. The van der Waals surface area contributed by atoms with Crippen LogP contribution >= 0.6 is 0 Å². The highest BCUT2D eigenvalue weighted by Gasteiger charge is 2.27. The van der Waals surface area contributed by atoms with E-state index in [2.05, 4.69) is 4.90 Å². The topological polar surface area (TPSA) is 76.8 Å². The summed E-state index contributed by atoms with van der Waals surface area (Å²) in [4.78, 5) is 41.4. The van der Waals surface area contributed by atoms with E-state index in [1.165, 1.54) is 50.4 Å². The Morgan fingerprint density at radius 2 is 1.78 bits per heavy atom. The smallest absolute Gasteiger partial charge is 0.331 e. The summed E-state index contributed by atoms with van der Waals surface area (Å²) >= 11 is 0. The predicted molar refractivity (Wildman–Crippen MR) is 102 cm³/mol. The Balaban J connectivity index is 1.74. The highest BCUT2D eigenvalue weighted by Crippen LogP contribution is 2.15. The molecule has 3 heterocycles. The molecule has 0 aliphatic carbocycles. The monoisotopic (exact) mass is 378 g/mol. The standard InChI is InChI=1S/C19H30N4O4/c1-20-16(11-17(24)21(2)19(20)26)18(25)23-9-10-27-14-15(13-23)12-22-7-5-3-4-6-8-22/h11,15H,3-10,12-14H2,1-2H3. The first kappa shape index (κ1) is 19.8. The molecule has 2 fully saturated rings. The predicted octanol–water partition coefficient (Wildman–Crippen LogP) is 0.0486. The molecule has 8 nitrogen and oxygen atoms in total. The molecule has 3 rings (SSSR count). The summed E-state index contributed by atoms with van der Waals surface area (Å²) in [7, 11) is 2.94. The second-order valence-corrected chi connectivity index (χ2v) is 7.68. The number of rotatable bonds is 3. The lowest BCUT2D eigenvalue weighted by atomic mass is 10.1. The molecule has 1 amide bonds. The van der Waals surface area contributed by atoms with Crippen LogP contribution in [0.4, 0.5) is 0 Å². The molecule has 150 valence electrons. The van der Waals surface area contributed by atoms with E-state index in [4.69, 9.17) is 4.74 Å². The van der Waals surface area contributed by atoms with Gasteiger partial charge in [0, 0.05) is 45.7 Å². The first-order valence-electron chi connectivity index (χ1n) is 9.84. The van der Waals surface area contributed by atoms with Gasteiger partial charge in [0.2, 0.25) is 0 Å². The normalized spacial score (nSPS) is 22.3. The number of ether oxygens (including phenoxy) is 1. The van der Waals surface area contributed by atoms with E-state index in [-0.39, 0.29) is 17.5 Å². The van der Waals surface area contributed by atoms with Crippen LogP contribution < -0.4 is 11.2 Å². The molecule has 2 aliphatic rings. The van der Waals surface area contributed by atoms with Crippen LogP contribution in [-0.2, 0) is 18.8 Å². The first-order valence-corrected chi connectivity index (χ1v) is 9.84. The number of likely N-dealkylation sites (tertiary alicyclic amines) is 1. The van der Waals surface area contributed by atoms with Crippen LogP contribution in [0.3, 0.4) is 0 Å². The van der Waals surface area contributed by atoms with Crippen molar-refractivity contribution in [1.82, 2.24) is 18.9 Å². The summed E-state index contributed by atoms with van der Waals surface area (Å²) in [6.07, 6.45) is 5.04. The van der Waals surface area contributed by atoms with Crippen molar-refractivity contribution in [3.8, 4) is 0 Å². The van der Waals surface area contributed by atoms with Gasteiger partial charge in [-0.15, -0.1) is 0 Å². The van der Waals surface area contributed by atoms with Crippen molar-refractivity contribution in [3.05, 3.63) is 32.6 Å². The Hall–Kier alpha value is -1.93. The molecule has 1 aromatic rings. The highest BCUT2D eigenvalue weighted by molar-refractivity contribution is 5.92. The second kappa shape index (κ2) is 8.84. The van der Waals surface area contributed by atoms with Gasteiger partial charge in [-0.3, -0.25) is 18.7 Å². The number of carbonyl (C=O) groups excluding carboxylic acids is 1. The van der Waals surface area contributed by atoms with Crippen molar-refractivity contribution < 1.29 is 9.53 Å². The number of hydrogen-bond acceptors (Lipinski definition) is 5. The maximum atomic E-state index is 13.0. The van der Waals surface area contributed by atoms with E-state index in [9.17, 15) is 14.4 Å². The molecule has 0 aromatic carbocycles. The van der Waals surface area contributed by atoms with Gasteiger partial charge in [0.05, 0.1) is 13.2 Å². The minimum Gasteiger partial charge on any atom is -0.379 e. The molecule has 0 saturated carbocycles. The molecule has 1 aromatic heterocycles. The summed E-state index contributed by atoms with van der Waals surface area (Å²) < 4.78 is 7.99. The van der Waals surface area contributed by atoms with Crippen molar-refractivity contribution >= 4 is 5.91 Å². The van der Waals surface area contributed by atoms with Gasteiger partial charge in [-0.25, -0.2) is 4.79 Å². The lowest BCUT2D eigenvalue weighted by Gasteiger charge is -2.28. The molecule has 1 atom stereocenters. The third kappa shape index (κ3) is 4.68. The summed E-state index contributed by atoms with van der Waals surface area (Å²) in [5.41, 5.74) is -0.815. The number of amides is 1. The highest BCUT2D eigenvalue weighted by atomic mass is 16.5. The van der Waals surface area contributed by atoms with E-state index in [0.29, 0.717) is 26.3 Å². The first-order chi connectivity index (χ1) is 13.0. The minimum absolute atomic E-state index is 0.138. The zero-order valence-corrected chi connectivity index (χ0v) is 16.4. The van der Waals surface area contributed by atoms with E-state index < -0.39 is 11.2 Å². The molecule has 0 N–H and O–H groups in total. The Kier molecular flexibility index (Phi) is 6.49. The fourth-order valence-corrected chi connectivity index (χ4v) is 3.96. The zero-order valence-electron chi connectivity index (χ0n) is 16.4. The summed E-state index contributed by atoms with van der Waals surface area (Å²) in [6, 6.07) is 1.25. The van der Waals surface area contributed by atoms with Gasteiger partial charge in [0.15, 0.2) is 0 Å². The molecule has 0 spiro atoms. The van der Waals surface area contributed by atoms with Crippen molar-refractivity contribution in [2.24, 2.45) is 20.0 Å². The Labute approximate surface area is 159 Å². The average Bonchev–Trinajstić information content (AvgIpc) is 3.05. The van der Waals surface area contributed by atoms with Crippen molar-refractivity contribution in [2.75, 3.05) is 45.9 Å². The van der Waals surface area contributed by atoms with Gasteiger partial charge in [-0.2, -0.15) is 0 Å². The Bertz CT molecular complexity index is 777. The van der Waals surface area contributed by atoms with Crippen LogP contribution in [0.25, 0.3) is 0 Å². The van der Waals surface area contributed by atoms with Crippen LogP contribution in [0.1, 0.15) is 36.2 Å². The van der Waals surface area contributed by atoms with Gasteiger partial charge in [-0.05, 0) is 25.9 Å². The van der Waals surface area contributed by atoms with E-state index >= 15 is 0 Å². The molecule has 2 saturated heterocycles. The van der Waals surface area contributed by atoms with Gasteiger partial charge in [0.25, 0.3) is 11.5 Å². The van der Waals surface area contributed by atoms with Gasteiger partial charge in [-0.1, -0.05) is 12.8 Å². The molecule has 0 radical (unpaired) electrons. The largest absolute Gasteiger partial charge is 0.379 e. The van der Waals surface area contributed by atoms with Crippen LogP contribution in [0.5, 0.6) is 0 Å². The molecule has 8 heteroatoms. The molecule has 2 aliphatic heterocycles. The fourth-order valence-electron chi connectivity index (χ4n) is 3.96. The number of carbonyl (C=O) groups is 1. The SMILES string of the molecule is Cn1c(C(=O)N2CCOCC(CN3CCCCCC3)C2)cc(=O)n(C)c1=O. The van der Waals surface area contributed by atoms with Crippen molar-refractivity contribution in [2.45, 2.75) is 25.7 Å². The van der Waals surface area contributed by atoms with Crippen LogP contribution in [0, 0.1) is 5.92 Å². The average molecular weight is 378 g/mol. The van der Waals surface area contributed by atoms with E-state index in [0.717, 1.165) is 24.2 Å².